The zero-order valence-corrected chi connectivity index (χ0v) is 18.4. The third kappa shape index (κ3) is 5.21. The molecule has 32 heavy (non-hydrogen) atoms. The summed E-state index contributed by atoms with van der Waals surface area (Å²) in [5, 5.41) is 6.16. The van der Waals surface area contributed by atoms with Crippen molar-refractivity contribution in [2.75, 3.05) is 22.1 Å². The van der Waals surface area contributed by atoms with Crippen molar-refractivity contribution in [1.29, 1.82) is 0 Å². The molecule has 3 amide bonds. The molecule has 6 nitrogen and oxygen atoms in total. The Morgan fingerprint density at radius 3 is 2.44 bits per heavy atom. The monoisotopic (exact) mass is 449 g/mol. The van der Waals surface area contributed by atoms with Gasteiger partial charge in [-0.1, -0.05) is 41.9 Å². The van der Waals surface area contributed by atoms with Gasteiger partial charge >= 0.3 is 6.03 Å². The van der Waals surface area contributed by atoms with Crippen molar-refractivity contribution in [2.24, 2.45) is 0 Å². The largest absolute Gasteiger partial charge is 0.479 e. The van der Waals surface area contributed by atoms with Crippen molar-refractivity contribution in [1.82, 2.24) is 0 Å². The Morgan fingerprint density at radius 1 is 1.00 bits per heavy atom. The molecule has 0 saturated heterocycles. The fourth-order valence-electron chi connectivity index (χ4n) is 3.63. The van der Waals surface area contributed by atoms with Crippen LogP contribution in [0.3, 0.4) is 0 Å². The average molecular weight is 450 g/mol. The molecule has 164 valence electrons. The molecule has 7 heteroatoms. The van der Waals surface area contributed by atoms with Crippen LogP contribution in [-0.2, 0) is 11.2 Å². The SMILES string of the molecule is CC1Oc2ccc(NC(=O)Nc3ccc(Cl)cc3)cc2N(CCCc2ccccc2)C1=O. The Bertz CT molecular complexity index is 1100. The zero-order valence-electron chi connectivity index (χ0n) is 17.7. The van der Waals surface area contributed by atoms with Crippen molar-refractivity contribution in [3.05, 3.63) is 83.4 Å². The second-order valence-corrected chi connectivity index (χ2v) is 8.04. The molecular weight excluding hydrogens is 426 g/mol. The highest BCUT2D eigenvalue weighted by molar-refractivity contribution is 6.30. The highest BCUT2D eigenvalue weighted by atomic mass is 35.5. The van der Waals surface area contributed by atoms with Crippen LogP contribution < -0.4 is 20.3 Å². The molecule has 1 heterocycles. The molecule has 1 aliphatic heterocycles. The summed E-state index contributed by atoms with van der Waals surface area (Å²) in [7, 11) is 0. The van der Waals surface area contributed by atoms with E-state index in [4.69, 9.17) is 16.3 Å². The summed E-state index contributed by atoms with van der Waals surface area (Å²) < 4.78 is 5.77. The lowest BCUT2D eigenvalue weighted by molar-refractivity contribution is -0.125. The van der Waals surface area contributed by atoms with E-state index >= 15 is 0 Å². The summed E-state index contributed by atoms with van der Waals surface area (Å²) in [6, 6.07) is 21.9. The number of nitrogens with one attached hydrogen (secondary N) is 2. The van der Waals surface area contributed by atoms with E-state index in [9.17, 15) is 9.59 Å². The van der Waals surface area contributed by atoms with Crippen LogP contribution >= 0.6 is 11.6 Å². The number of rotatable bonds is 6. The number of halogens is 1. The van der Waals surface area contributed by atoms with Crippen LogP contribution in [0.25, 0.3) is 0 Å². The summed E-state index contributed by atoms with van der Waals surface area (Å²) >= 11 is 5.88. The smallest absolute Gasteiger partial charge is 0.323 e. The van der Waals surface area contributed by atoms with Gasteiger partial charge in [-0.25, -0.2) is 4.79 Å². The van der Waals surface area contributed by atoms with E-state index in [1.54, 1.807) is 54.3 Å². The molecule has 0 bridgehead atoms. The van der Waals surface area contributed by atoms with Gasteiger partial charge in [0.15, 0.2) is 6.10 Å². The molecule has 1 atom stereocenters. The fourth-order valence-corrected chi connectivity index (χ4v) is 3.75. The van der Waals surface area contributed by atoms with E-state index in [1.165, 1.54) is 5.56 Å². The first-order chi connectivity index (χ1) is 15.5. The number of hydrogen-bond acceptors (Lipinski definition) is 3. The molecule has 2 N–H and O–H groups in total. The van der Waals surface area contributed by atoms with Crippen LogP contribution in [-0.4, -0.2) is 24.6 Å². The average Bonchev–Trinajstić information content (AvgIpc) is 2.79. The lowest BCUT2D eigenvalue weighted by Crippen LogP contribution is -2.45. The molecule has 1 aliphatic rings. The summed E-state index contributed by atoms with van der Waals surface area (Å²) in [5.41, 5.74) is 3.08. The van der Waals surface area contributed by atoms with Gasteiger partial charge in [0.25, 0.3) is 5.91 Å². The molecule has 0 radical (unpaired) electrons. The van der Waals surface area contributed by atoms with Gasteiger partial charge in [-0.3, -0.25) is 4.79 Å². The number of aryl methyl sites for hydroxylation is 1. The van der Waals surface area contributed by atoms with Crippen LogP contribution in [0.15, 0.2) is 72.8 Å². The number of hydrogen-bond donors (Lipinski definition) is 2. The Hall–Kier alpha value is -3.51. The molecule has 0 aliphatic carbocycles. The van der Waals surface area contributed by atoms with Gasteiger partial charge in [-0.05, 0) is 67.8 Å². The van der Waals surface area contributed by atoms with Gasteiger partial charge in [0.05, 0.1) is 5.69 Å². The van der Waals surface area contributed by atoms with Crippen molar-refractivity contribution in [3.63, 3.8) is 0 Å². The van der Waals surface area contributed by atoms with E-state index in [-0.39, 0.29) is 11.9 Å². The van der Waals surface area contributed by atoms with Crippen molar-refractivity contribution >= 4 is 40.6 Å². The summed E-state index contributed by atoms with van der Waals surface area (Å²) in [5.74, 6) is 0.536. The first-order valence-electron chi connectivity index (χ1n) is 10.5. The molecule has 3 aromatic carbocycles. The van der Waals surface area contributed by atoms with Gasteiger partial charge in [0.1, 0.15) is 5.75 Å². The second kappa shape index (κ2) is 9.75. The van der Waals surface area contributed by atoms with Crippen molar-refractivity contribution < 1.29 is 14.3 Å². The minimum Gasteiger partial charge on any atom is -0.479 e. The van der Waals surface area contributed by atoms with Crippen LogP contribution in [0.5, 0.6) is 5.75 Å². The standard InChI is InChI=1S/C25H24ClN3O3/c1-17-24(30)29(15-5-8-18-6-3-2-4-7-18)22-16-21(13-14-23(22)32-17)28-25(31)27-20-11-9-19(26)10-12-20/h2-4,6-7,9-14,16-17H,5,8,15H2,1H3,(H2,27,28,31). The molecule has 4 rings (SSSR count). The maximum absolute atomic E-state index is 12.8. The maximum Gasteiger partial charge on any atom is 0.323 e. The molecule has 1 unspecified atom stereocenters. The molecule has 0 spiro atoms. The van der Waals surface area contributed by atoms with Gasteiger partial charge in [0.2, 0.25) is 0 Å². The predicted octanol–water partition coefficient (Wildman–Crippen LogP) is 5.73. The zero-order chi connectivity index (χ0) is 22.5. The minimum absolute atomic E-state index is 0.0895. The van der Waals surface area contributed by atoms with E-state index in [0.717, 1.165) is 12.8 Å². The highest BCUT2D eigenvalue weighted by Gasteiger charge is 2.31. The van der Waals surface area contributed by atoms with E-state index in [2.05, 4.69) is 22.8 Å². The predicted molar refractivity (Wildman–Crippen MR) is 128 cm³/mol. The Balaban J connectivity index is 1.46. The van der Waals surface area contributed by atoms with Crippen LogP contribution in [0.1, 0.15) is 18.9 Å². The lowest BCUT2D eigenvalue weighted by atomic mass is 10.1. The number of carbonyl (C=O) groups is 2. The second-order valence-electron chi connectivity index (χ2n) is 7.61. The summed E-state index contributed by atoms with van der Waals surface area (Å²) in [4.78, 5) is 27.0. The topological polar surface area (TPSA) is 70.7 Å². The van der Waals surface area contributed by atoms with E-state index < -0.39 is 6.10 Å². The lowest BCUT2D eigenvalue weighted by Gasteiger charge is -2.33. The van der Waals surface area contributed by atoms with Crippen molar-refractivity contribution in [2.45, 2.75) is 25.9 Å². The van der Waals surface area contributed by atoms with Crippen LogP contribution in [0, 0.1) is 0 Å². The summed E-state index contributed by atoms with van der Waals surface area (Å²) in [6.07, 6.45) is 1.14. The quantitative estimate of drug-likeness (QED) is 0.504. The fraction of sp³-hybridized carbons (Fsp3) is 0.200. The molecule has 3 aromatic rings. The van der Waals surface area contributed by atoms with Gasteiger partial charge in [-0.2, -0.15) is 0 Å². The van der Waals surface area contributed by atoms with E-state index in [0.29, 0.717) is 34.4 Å². The first-order valence-corrected chi connectivity index (χ1v) is 10.9. The number of benzene rings is 3. The molecule has 0 aromatic heterocycles. The third-order valence-electron chi connectivity index (χ3n) is 5.22. The summed E-state index contributed by atoms with van der Waals surface area (Å²) in [6.45, 7) is 2.32. The number of nitrogens with zero attached hydrogens (tertiary/aromatic N) is 1. The molecular formula is C25H24ClN3O3. The van der Waals surface area contributed by atoms with E-state index in [1.807, 2.05) is 18.2 Å². The number of fused-ring (bicyclic) bond motifs is 1. The third-order valence-corrected chi connectivity index (χ3v) is 5.47. The first kappa shape index (κ1) is 21.7. The van der Waals surface area contributed by atoms with Gasteiger partial charge < -0.3 is 20.3 Å². The number of urea groups is 1. The number of ether oxygens (including phenoxy) is 1. The number of amides is 3. The number of carbonyl (C=O) groups excluding carboxylic acids is 2. The Morgan fingerprint density at radius 2 is 1.69 bits per heavy atom. The molecule has 0 fully saturated rings. The van der Waals surface area contributed by atoms with Gasteiger partial charge in [-0.15, -0.1) is 0 Å². The van der Waals surface area contributed by atoms with Crippen LogP contribution in [0.2, 0.25) is 5.02 Å². The molecule has 0 saturated carbocycles. The van der Waals surface area contributed by atoms with Crippen LogP contribution in [0.4, 0.5) is 21.9 Å². The normalized spacial score (nSPS) is 15.0. The number of anilines is 3. The maximum atomic E-state index is 12.8. The highest BCUT2D eigenvalue weighted by Crippen LogP contribution is 2.36. The van der Waals surface area contributed by atoms with Crippen molar-refractivity contribution in [3.8, 4) is 5.75 Å². The van der Waals surface area contributed by atoms with Gasteiger partial charge in [0, 0.05) is 22.9 Å². The Labute approximate surface area is 192 Å². The minimum atomic E-state index is -0.550. The Kier molecular flexibility index (Phi) is 6.61.